The van der Waals surface area contributed by atoms with Gasteiger partial charge in [-0.3, -0.25) is 0 Å². The number of rotatable bonds is 7. The van der Waals surface area contributed by atoms with Gasteiger partial charge in [0.05, 0.1) is 24.4 Å². The van der Waals surface area contributed by atoms with E-state index in [9.17, 15) is 15.3 Å². The van der Waals surface area contributed by atoms with Crippen LogP contribution in [0.4, 0.5) is 0 Å². The molecule has 31 heavy (non-hydrogen) atoms. The Morgan fingerprint density at radius 3 is 2.58 bits per heavy atom. The lowest BCUT2D eigenvalue weighted by Gasteiger charge is -2.32. The number of ether oxygens (including phenoxy) is 1. The zero-order valence-electron chi connectivity index (χ0n) is 19.4. The van der Waals surface area contributed by atoms with Crippen molar-refractivity contribution < 1.29 is 20.1 Å². The number of hydrogen-bond donors (Lipinski definition) is 3. The molecule has 2 fully saturated rings. The first-order valence-electron chi connectivity index (χ1n) is 11.9. The molecule has 0 amide bonds. The lowest BCUT2D eigenvalue weighted by atomic mass is 9.73. The molecule has 2 aliphatic carbocycles. The molecule has 0 saturated heterocycles. The van der Waals surface area contributed by atoms with E-state index >= 15 is 0 Å². The number of aliphatic hydroxyl groups is 3. The molecule has 4 heteroatoms. The van der Waals surface area contributed by atoms with Crippen LogP contribution in [0.3, 0.4) is 0 Å². The van der Waals surface area contributed by atoms with Gasteiger partial charge in [-0.2, -0.15) is 0 Å². The van der Waals surface area contributed by atoms with Gasteiger partial charge in [0.15, 0.2) is 0 Å². The molecule has 0 bridgehead atoms. The van der Waals surface area contributed by atoms with Crippen molar-refractivity contribution in [3.63, 3.8) is 0 Å². The molecule has 1 aromatic rings. The van der Waals surface area contributed by atoms with Gasteiger partial charge in [0.2, 0.25) is 0 Å². The van der Waals surface area contributed by atoms with Gasteiger partial charge in [0.25, 0.3) is 0 Å². The first-order chi connectivity index (χ1) is 14.7. The van der Waals surface area contributed by atoms with E-state index in [0.717, 1.165) is 30.6 Å². The third-order valence-electron chi connectivity index (χ3n) is 6.73. The Labute approximate surface area is 187 Å². The van der Waals surface area contributed by atoms with Gasteiger partial charge in [-0.15, -0.1) is 0 Å². The molecule has 0 aliphatic heterocycles. The lowest BCUT2D eigenvalue weighted by Crippen LogP contribution is -2.24. The van der Waals surface area contributed by atoms with Crippen molar-refractivity contribution in [2.24, 2.45) is 5.92 Å². The van der Waals surface area contributed by atoms with Crippen molar-refractivity contribution in [3.05, 3.63) is 53.1 Å². The molecule has 0 spiro atoms. The molecule has 3 rings (SSSR count). The molecule has 0 heterocycles. The molecule has 1 aromatic carbocycles. The zero-order valence-corrected chi connectivity index (χ0v) is 19.4. The van der Waals surface area contributed by atoms with Crippen molar-refractivity contribution in [2.75, 3.05) is 6.61 Å². The Morgan fingerprint density at radius 2 is 1.87 bits per heavy atom. The number of allylic oxidation sites excluding steroid dienone is 3. The summed E-state index contributed by atoms with van der Waals surface area (Å²) >= 11 is 0. The van der Waals surface area contributed by atoms with Crippen molar-refractivity contribution in [1.82, 2.24) is 0 Å². The highest BCUT2D eigenvalue weighted by Crippen LogP contribution is 2.41. The summed E-state index contributed by atoms with van der Waals surface area (Å²) in [5.74, 6) is 1.83. The zero-order chi connectivity index (χ0) is 22.4. The van der Waals surface area contributed by atoms with Crippen molar-refractivity contribution in [3.8, 4) is 5.75 Å². The van der Waals surface area contributed by atoms with Crippen LogP contribution in [-0.4, -0.2) is 39.7 Å². The molecule has 0 unspecified atom stereocenters. The molecule has 172 valence electrons. The standard InChI is InChI=1S/C27H40O4/c1-19-21(12-11-20-15-23(28)18-24(29)16-20)7-5-10-26(19)22-8-4-9-25(17-22)31-14-6-13-27(2,3)30/h4,8-9,11-12,17,19,23-24,26,28-30H,5-7,10,13-16,18H2,1-3H3/b21-12+/t19-,23-,24-,26-/m1/s1. The van der Waals surface area contributed by atoms with E-state index in [-0.39, 0.29) is 0 Å². The Bertz CT molecular complexity index is 762. The number of benzene rings is 1. The minimum Gasteiger partial charge on any atom is -0.494 e. The van der Waals surface area contributed by atoms with E-state index in [4.69, 9.17) is 4.74 Å². The summed E-state index contributed by atoms with van der Waals surface area (Å²) in [7, 11) is 0. The second-order valence-electron chi connectivity index (χ2n) is 10.1. The topological polar surface area (TPSA) is 69.9 Å². The molecular formula is C27H40O4. The minimum atomic E-state index is -0.644. The first-order valence-corrected chi connectivity index (χ1v) is 11.9. The molecule has 4 atom stereocenters. The Hall–Kier alpha value is -1.62. The van der Waals surface area contributed by atoms with E-state index in [1.165, 1.54) is 24.0 Å². The predicted molar refractivity (Wildman–Crippen MR) is 125 cm³/mol. The Kier molecular flexibility index (Phi) is 8.37. The highest BCUT2D eigenvalue weighted by Gasteiger charge is 2.27. The monoisotopic (exact) mass is 428 g/mol. The van der Waals surface area contributed by atoms with Crippen LogP contribution in [0.2, 0.25) is 0 Å². The van der Waals surface area contributed by atoms with E-state index in [0.29, 0.717) is 37.7 Å². The fourth-order valence-corrected chi connectivity index (χ4v) is 5.01. The van der Waals surface area contributed by atoms with E-state index in [1.54, 1.807) is 0 Å². The van der Waals surface area contributed by atoms with Gasteiger partial charge in [-0.05, 0) is 94.7 Å². The Balaban J connectivity index is 1.63. The summed E-state index contributed by atoms with van der Waals surface area (Å²) in [4.78, 5) is 0. The Morgan fingerprint density at radius 1 is 1.13 bits per heavy atom. The second kappa shape index (κ2) is 10.8. The van der Waals surface area contributed by atoms with Crippen molar-refractivity contribution in [1.29, 1.82) is 0 Å². The van der Waals surface area contributed by atoms with Crippen LogP contribution in [0.25, 0.3) is 0 Å². The fourth-order valence-electron chi connectivity index (χ4n) is 5.01. The highest BCUT2D eigenvalue weighted by atomic mass is 16.5. The van der Waals surface area contributed by atoms with Crippen LogP contribution in [0.1, 0.15) is 83.6 Å². The molecular weight excluding hydrogens is 388 g/mol. The van der Waals surface area contributed by atoms with Crippen LogP contribution in [0.15, 0.2) is 47.6 Å². The van der Waals surface area contributed by atoms with E-state index in [1.807, 2.05) is 19.9 Å². The fraction of sp³-hybridized carbons (Fsp3) is 0.630. The third-order valence-corrected chi connectivity index (χ3v) is 6.73. The van der Waals surface area contributed by atoms with Gasteiger partial charge >= 0.3 is 0 Å². The smallest absolute Gasteiger partial charge is 0.119 e. The van der Waals surface area contributed by atoms with Crippen LogP contribution in [0, 0.1) is 5.92 Å². The normalized spacial score (nSPS) is 28.6. The average molecular weight is 429 g/mol. The predicted octanol–water partition coefficient (Wildman–Crippen LogP) is 5.28. The van der Waals surface area contributed by atoms with Crippen LogP contribution >= 0.6 is 0 Å². The van der Waals surface area contributed by atoms with E-state index < -0.39 is 17.8 Å². The molecule has 2 aliphatic rings. The highest BCUT2D eigenvalue weighted by molar-refractivity contribution is 5.34. The maximum Gasteiger partial charge on any atom is 0.119 e. The SMILES string of the molecule is C[C@@H]1/C(=C/C=C2C[C@@H](O)C[C@H](O)C2)CCC[C@H]1c1cccc(OCCCC(C)(C)O)c1. The summed E-state index contributed by atoms with van der Waals surface area (Å²) in [6.07, 6.45) is 10.4. The summed E-state index contributed by atoms with van der Waals surface area (Å²) in [6, 6.07) is 8.49. The lowest BCUT2D eigenvalue weighted by molar-refractivity contribution is 0.0608. The maximum absolute atomic E-state index is 9.93. The van der Waals surface area contributed by atoms with Gasteiger partial charge in [-0.25, -0.2) is 0 Å². The largest absolute Gasteiger partial charge is 0.494 e. The number of aliphatic hydroxyl groups excluding tert-OH is 2. The van der Waals surface area contributed by atoms with Crippen LogP contribution in [0.5, 0.6) is 5.75 Å². The maximum atomic E-state index is 9.93. The summed E-state index contributed by atoms with van der Waals surface area (Å²) in [5, 5.41) is 29.7. The average Bonchev–Trinajstić information content (AvgIpc) is 2.69. The first kappa shape index (κ1) is 24.0. The summed E-state index contributed by atoms with van der Waals surface area (Å²) in [6.45, 7) is 6.59. The second-order valence-corrected chi connectivity index (χ2v) is 10.1. The van der Waals surface area contributed by atoms with Crippen LogP contribution in [-0.2, 0) is 0 Å². The summed E-state index contributed by atoms with van der Waals surface area (Å²) < 4.78 is 5.96. The molecule has 4 nitrogen and oxygen atoms in total. The minimum absolute atomic E-state index is 0.420. The van der Waals surface area contributed by atoms with Crippen molar-refractivity contribution in [2.45, 2.75) is 95.9 Å². The van der Waals surface area contributed by atoms with Crippen molar-refractivity contribution >= 4 is 0 Å². The molecule has 3 N–H and O–H groups in total. The van der Waals surface area contributed by atoms with Crippen LogP contribution < -0.4 is 4.74 Å². The molecule has 2 saturated carbocycles. The number of hydrogen-bond acceptors (Lipinski definition) is 4. The molecule has 0 radical (unpaired) electrons. The molecule has 0 aromatic heterocycles. The van der Waals surface area contributed by atoms with E-state index in [2.05, 4.69) is 37.3 Å². The summed E-state index contributed by atoms with van der Waals surface area (Å²) in [5.41, 5.74) is 3.28. The quantitative estimate of drug-likeness (QED) is 0.517. The van der Waals surface area contributed by atoms with Gasteiger partial charge in [0.1, 0.15) is 5.75 Å². The third kappa shape index (κ3) is 7.48. The van der Waals surface area contributed by atoms with Gasteiger partial charge in [0, 0.05) is 0 Å². The van der Waals surface area contributed by atoms with Gasteiger partial charge < -0.3 is 20.1 Å². The van der Waals surface area contributed by atoms with Gasteiger partial charge in [-0.1, -0.05) is 42.4 Å².